The van der Waals surface area contributed by atoms with Gasteiger partial charge in [-0.05, 0) is 23.8 Å². The fraction of sp³-hybridized carbons (Fsp3) is 0.400. The van der Waals surface area contributed by atoms with Gasteiger partial charge in [-0.2, -0.15) is 5.10 Å². The van der Waals surface area contributed by atoms with Crippen LogP contribution in [0.25, 0.3) is 0 Å². The Morgan fingerprint density at radius 2 is 2.15 bits per heavy atom. The molecule has 0 saturated carbocycles. The molecule has 0 unspecified atom stereocenters. The van der Waals surface area contributed by atoms with Crippen molar-refractivity contribution in [1.82, 2.24) is 14.7 Å². The second-order valence-corrected chi connectivity index (χ2v) is 5.30. The molecule has 1 fully saturated rings. The summed E-state index contributed by atoms with van der Waals surface area (Å²) in [5, 5.41) is 4.43. The topological polar surface area (TPSA) is 30.3 Å². The summed E-state index contributed by atoms with van der Waals surface area (Å²) in [6, 6.07) is 6.91. The van der Waals surface area contributed by atoms with Gasteiger partial charge in [0.2, 0.25) is 0 Å². The summed E-state index contributed by atoms with van der Waals surface area (Å²) in [4.78, 5) is 2.29. The van der Waals surface area contributed by atoms with Gasteiger partial charge < -0.3 is 4.74 Å². The first-order chi connectivity index (χ1) is 9.64. The summed E-state index contributed by atoms with van der Waals surface area (Å²) < 4.78 is 20.3. The Bertz CT molecular complexity index is 605. The SMILES string of the molecule is COc1cc(F)cc(CN2CC(c3ccn(C)n3)C2)c1. The second kappa shape index (κ2) is 5.25. The van der Waals surface area contributed by atoms with Crippen LogP contribution in [-0.2, 0) is 13.6 Å². The minimum Gasteiger partial charge on any atom is -0.497 e. The summed E-state index contributed by atoms with van der Waals surface area (Å²) >= 11 is 0. The van der Waals surface area contributed by atoms with Gasteiger partial charge in [0.25, 0.3) is 0 Å². The zero-order valence-electron chi connectivity index (χ0n) is 11.7. The first-order valence-corrected chi connectivity index (χ1v) is 6.69. The number of aromatic nitrogens is 2. The molecule has 106 valence electrons. The van der Waals surface area contributed by atoms with Gasteiger partial charge in [-0.15, -0.1) is 0 Å². The van der Waals surface area contributed by atoms with Crippen LogP contribution in [0.2, 0.25) is 0 Å². The summed E-state index contributed by atoms with van der Waals surface area (Å²) in [6.45, 7) is 2.68. The van der Waals surface area contributed by atoms with Crippen LogP contribution in [0.1, 0.15) is 17.2 Å². The highest BCUT2D eigenvalue weighted by atomic mass is 19.1. The lowest BCUT2D eigenvalue weighted by Crippen LogP contribution is -2.44. The quantitative estimate of drug-likeness (QED) is 0.856. The van der Waals surface area contributed by atoms with Crippen molar-refractivity contribution in [2.45, 2.75) is 12.5 Å². The molecule has 5 heteroatoms. The lowest BCUT2D eigenvalue weighted by Gasteiger charge is -2.38. The largest absolute Gasteiger partial charge is 0.497 e. The Morgan fingerprint density at radius 1 is 1.35 bits per heavy atom. The van der Waals surface area contributed by atoms with Crippen molar-refractivity contribution in [2.24, 2.45) is 7.05 Å². The Balaban J connectivity index is 1.60. The van der Waals surface area contributed by atoms with Crippen molar-refractivity contribution in [3.8, 4) is 5.75 Å². The van der Waals surface area contributed by atoms with Gasteiger partial charge in [0.15, 0.2) is 0 Å². The summed E-state index contributed by atoms with van der Waals surface area (Å²) in [7, 11) is 3.48. The second-order valence-electron chi connectivity index (χ2n) is 5.30. The average molecular weight is 275 g/mol. The molecule has 0 N–H and O–H groups in total. The fourth-order valence-corrected chi connectivity index (χ4v) is 2.62. The summed E-state index contributed by atoms with van der Waals surface area (Å²) in [5.74, 6) is 0.814. The number of hydrogen-bond acceptors (Lipinski definition) is 3. The molecule has 0 spiro atoms. The van der Waals surface area contributed by atoms with Crippen LogP contribution in [-0.4, -0.2) is 34.9 Å². The van der Waals surface area contributed by atoms with E-state index in [1.807, 2.05) is 24.0 Å². The number of ether oxygens (including phenoxy) is 1. The standard InChI is InChI=1S/C15H18FN3O/c1-18-4-3-15(17-18)12-9-19(10-12)8-11-5-13(16)7-14(6-11)20-2/h3-7,12H,8-10H2,1-2H3. The number of halogens is 1. The van der Waals surface area contributed by atoms with Gasteiger partial charge >= 0.3 is 0 Å². The highest BCUT2D eigenvalue weighted by molar-refractivity contribution is 5.30. The molecule has 1 aromatic carbocycles. The predicted molar refractivity (Wildman–Crippen MR) is 74.2 cm³/mol. The number of likely N-dealkylation sites (tertiary alicyclic amines) is 1. The van der Waals surface area contributed by atoms with Crippen LogP contribution < -0.4 is 4.74 Å². The van der Waals surface area contributed by atoms with E-state index in [0.29, 0.717) is 11.7 Å². The average Bonchev–Trinajstić information content (AvgIpc) is 2.78. The molecule has 2 heterocycles. The van der Waals surface area contributed by atoms with E-state index >= 15 is 0 Å². The molecular weight excluding hydrogens is 257 g/mol. The van der Waals surface area contributed by atoms with E-state index in [1.165, 1.54) is 6.07 Å². The molecule has 1 aromatic heterocycles. The molecule has 0 atom stereocenters. The minimum absolute atomic E-state index is 0.249. The Labute approximate surface area is 117 Å². The molecule has 1 saturated heterocycles. The fourth-order valence-electron chi connectivity index (χ4n) is 2.62. The number of methoxy groups -OCH3 is 1. The van der Waals surface area contributed by atoms with E-state index in [0.717, 1.165) is 30.9 Å². The van der Waals surface area contributed by atoms with Gasteiger partial charge in [0, 0.05) is 44.9 Å². The first-order valence-electron chi connectivity index (χ1n) is 6.69. The van der Waals surface area contributed by atoms with Crippen molar-refractivity contribution >= 4 is 0 Å². The van der Waals surface area contributed by atoms with Crippen LogP contribution in [0.15, 0.2) is 30.5 Å². The van der Waals surface area contributed by atoms with Crippen molar-refractivity contribution in [1.29, 1.82) is 0 Å². The van der Waals surface area contributed by atoms with Gasteiger partial charge in [-0.3, -0.25) is 9.58 Å². The molecule has 0 radical (unpaired) electrons. The van der Waals surface area contributed by atoms with Crippen molar-refractivity contribution in [2.75, 3.05) is 20.2 Å². The summed E-state index contributed by atoms with van der Waals surface area (Å²) in [6.07, 6.45) is 1.97. The number of hydrogen-bond donors (Lipinski definition) is 0. The molecule has 0 bridgehead atoms. The molecule has 2 aromatic rings. The van der Waals surface area contributed by atoms with Crippen molar-refractivity contribution in [3.63, 3.8) is 0 Å². The molecule has 3 rings (SSSR count). The predicted octanol–water partition coefficient (Wildman–Crippen LogP) is 2.17. The number of nitrogens with zero attached hydrogens (tertiary/aromatic N) is 3. The molecular formula is C15H18FN3O. The normalized spacial score (nSPS) is 16.1. The van der Waals surface area contributed by atoms with E-state index in [9.17, 15) is 4.39 Å². The van der Waals surface area contributed by atoms with E-state index in [1.54, 1.807) is 13.2 Å². The Hall–Kier alpha value is -1.88. The maximum absolute atomic E-state index is 13.4. The van der Waals surface area contributed by atoms with Gasteiger partial charge in [0.1, 0.15) is 11.6 Å². The lowest BCUT2D eigenvalue weighted by molar-refractivity contribution is 0.136. The molecule has 0 aliphatic carbocycles. The van der Waals surface area contributed by atoms with Crippen LogP contribution >= 0.6 is 0 Å². The Morgan fingerprint density at radius 3 is 2.80 bits per heavy atom. The Kier molecular flexibility index (Phi) is 3.44. The molecule has 1 aliphatic heterocycles. The molecule has 0 amide bonds. The molecule has 1 aliphatic rings. The smallest absolute Gasteiger partial charge is 0.127 e. The monoisotopic (exact) mass is 275 g/mol. The third kappa shape index (κ3) is 2.67. The van der Waals surface area contributed by atoms with Gasteiger partial charge in [0.05, 0.1) is 12.8 Å². The van der Waals surface area contributed by atoms with E-state index in [-0.39, 0.29) is 5.82 Å². The van der Waals surface area contributed by atoms with Gasteiger partial charge in [-0.25, -0.2) is 4.39 Å². The van der Waals surface area contributed by atoms with E-state index < -0.39 is 0 Å². The third-order valence-electron chi connectivity index (χ3n) is 3.68. The van der Waals surface area contributed by atoms with Crippen molar-refractivity contribution < 1.29 is 9.13 Å². The lowest BCUT2D eigenvalue weighted by atomic mass is 9.96. The maximum atomic E-state index is 13.4. The van der Waals surface area contributed by atoms with Crippen molar-refractivity contribution in [3.05, 3.63) is 47.5 Å². The van der Waals surface area contributed by atoms with E-state index in [2.05, 4.69) is 16.1 Å². The zero-order valence-corrected chi connectivity index (χ0v) is 11.7. The first kappa shape index (κ1) is 13.1. The highest BCUT2D eigenvalue weighted by Gasteiger charge is 2.29. The summed E-state index contributed by atoms with van der Waals surface area (Å²) in [5.41, 5.74) is 2.09. The van der Waals surface area contributed by atoms with Crippen LogP contribution in [0.4, 0.5) is 4.39 Å². The third-order valence-corrected chi connectivity index (χ3v) is 3.68. The van der Waals surface area contributed by atoms with E-state index in [4.69, 9.17) is 4.74 Å². The number of rotatable bonds is 4. The zero-order chi connectivity index (χ0) is 14.1. The van der Waals surface area contributed by atoms with Crippen LogP contribution in [0.3, 0.4) is 0 Å². The van der Waals surface area contributed by atoms with Gasteiger partial charge in [-0.1, -0.05) is 0 Å². The molecule has 4 nitrogen and oxygen atoms in total. The number of benzene rings is 1. The highest BCUT2D eigenvalue weighted by Crippen LogP contribution is 2.28. The van der Waals surface area contributed by atoms with Crippen LogP contribution in [0.5, 0.6) is 5.75 Å². The van der Waals surface area contributed by atoms with Crippen LogP contribution in [0, 0.1) is 5.82 Å². The minimum atomic E-state index is -0.249. The maximum Gasteiger partial charge on any atom is 0.127 e. The molecule has 20 heavy (non-hydrogen) atoms. The number of aryl methyl sites for hydroxylation is 1.